The second-order valence-corrected chi connectivity index (χ2v) is 6.34. The van der Waals surface area contributed by atoms with Gasteiger partial charge in [0.25, 0.3) is 0 Å². The third-order valence-corrected chi connectivity index (χ3v) is 4.69. The van der Waals surface area contributed by atoms with Gasteiger partial charge in [-0.1, -0.05) is 25.7 Å². The molecule has 2 heterocycles. The minimum atomic E-state index is -0.108. The van der Waals surface area contributed by atoms with Gasteiger partial charge in [0.2, 0.25) is 5.91 Å². The lowest BCUT2D eigenvalue weighted by atomic mass is 10.0. The maximum absolute atomic E-state index is 12.4. The molecule has 1 aromatic heterocycles. The van der Waals surface area contributed by atoms with Crippen molar-refractivity contribution in [2.24, 2.45) is 5.92 Å². The van der Waals surface area contributed by atoms with Gasteiger partial charge in [0.15, 0.2) is 0 Å². The number of ether oxygens (including phenoxy) is 1. The second kappa shape index (κ2) is 6.60. The van der Waals surface area contributed by atoms with Gasteiger partial charge in [-0.25, -0.2) is 4.98 Å². The molecular weight excluding hydrogens is 266 g/mol. The van der Waals surface area contributed by atoms with E-state index in [0.29, 0.717) is 26.1 Å². The smallest absolute Gasteiger partial charge is 0.222 e. The Morgan fingerprint density at radius 1 is 1.48 bits per heavy atom. The number of imidazole rings is 1. The molecule has 5 heteroatoms. The molecule has 0 radical (unpaired) electrons. The van der Waals surface area contributed by atoms with E-state index >= 15 is 0 Å². The highest BCUT2D eigenvalue weighted by atomic mass is 16.5. The molecule has 21 heavy (non-hydrogen) atoms. The van der Waals surface area contributed by atoms with E-state index < -0.39 is 0 Å². The van der Waals surface area contributed by atoms with Crippen molar-refractivity contribution in [3.8, 4) is 0 Å². The molecule has 0 aromatic carbocycles. The van der Waals surface area contributed by atoms with Crippen LogP contribution in [0.5, 0.6) is 0 Å². The number of morpholine rings is 1. The Labute approximate surface area is 126 Å². The third-order valence-electron chi connectivity index (χ3n) is 4.69. The van der Waals surface area contributed by atoms with Crippen LogP contribution in [0.25, 0.3) is 0 Å². The van der Waals surface area contributed by atoms with Gasteiger partial charge in [-0.2, -0.15) is 0 Å². The fourth-order valence-corrected chi connectivity index (χ4v) is 3.42. The zero-order valence-electron chi connectivity index (χ0n) is 12.8. The second-order valence-electron chi connectivity index (χ2n) is 6.34. The molecule has 1 saturated carbocycles. The van der Waals surface area contributed by atoms with Crippen LogP contribution in [-0.2, 0) is 9.53 Å². The highest BCUT2D eigenvalue weighted by Crippen LogP contribution is 2.29. The van der Waals surface area contributed by atoms with E-state index in [-0.39, 0.29) is 12.0 Å². The molecule has 1 N–H and O–H groups in total. The molecule has 1 aliphatic heterocycles. The molecule has 0 unspecified atom stereocenters. The van der Waals surface area contributed by atoms with Crippen molar-refractivity contribution in [2.45, 2.75) is 51.6 Å². The van der Waals surface area contributed by atoms with E-state index in [1.807, 2.05) is 11.8 Å². The summed E-state index contributed by atoms with van der Waals surface area (Å²) in [6.45, 7) is 3.90. The summed E-state index contributed by atoms with van der Waals surface area (Å²) < 4.78 is 5.75. The summed E-state index contributed by atoms with van der Waals surface area (Å²) in [6.07, 6.45) is 8.75. The van der Waals surface area contributed by atoms with E-state index in [4.69, 9.17) is 4.74 Å². The fourth-order valence-electron chi connectivity index (χ4n) is 3.42. The van der Waals surface area contributed by atoms with Crippen LogP contribution in [-0.4, -0.2) is 40.5 Å². The minimum absolute atomic E-state index is 0.108. The molecule has 1 saturated heterocycles. The van der Waals surface area contributed by atoms with Crippen molar-refractivity contribution in [1.29, 1.82) is 0 Å². The van der Waals surface area contributed by atoms with Gasteiger partial charge in [0.1, 0.15) is 11.9 Å². The first-order valence-electron chi connectivity index (χ1n) is 8.13. The van der Waals surface area contributed by atoms with E-state index in [0.717, 1.165) is 23.9 Å². The lowest BCUT2D eigenvalue weighted by molar-refractivity contribution is -0.139. The number of rotatable bonds is 4. The summed E-state index contributed by atoms with van der Waals surface area (Å²) in [7, 11) is 0. The molecule has 5 nitrogen and oxygen atoms in total. The summed E-state index contributed by atoms with van der Waals surface area (Å²) in [5.41, 5.74) is 1.03. The van der Waals surface area contributed by atoms with Gasteiger partial charge >= 0.3 is 0 Å². The number of carbonyl (C=O) groups excluding carboxylic acids is 1. The quantitative estimate of drug-likeness (QED) is 0.927. The Morgan fingerprint density at radius 2 is 2.29 bits per heavy atom. The molecule has 1 aromatic rings. The molecule has 1 atom stereocenters. The normalized spacial score (nSPS) is 23.7. The number of aryl methyl sites for hydroxylation is 1. The molecular formula is C16H25N3O2. The van der Waals surface area contributed by atoms with Crippen LogP contribution in [0.1, 0.15) is 56.1 Å². The SMILES string of the molecule is Cc1cnc([C@@H]2CN(C(=O)CCC3CCCC3)CCO2)[nH]1. The van der Waals surface area contributed by atoms with Gasteiger partial charge in [-0.3, -0.25) is 4.79 Å². The van der Waals surface area contributed by atoms with Crippen LogP contribution < -0.4 is 0 Å². The Morgan fingerprint density at radius 3 is 3.00 bits per heavy atom. The zero-order valence-corrected chi connectivity index (χ0v) is 12.8. The number of carbonyl (C=O) groups is 1. The summed E-state index contributed by atoms with van der Waals surface area (Å²) in [5.74, 6) is 1.89. The van der Waals surface area contributed by atoms with Gasteiger partial charge < -0.3 is 14.6 Å². The van der Waals surface area contributed by atoms with E-state index in [2.05, 4.69) is 9.97 Å². The van der Waals surface area contributed by atoms with E-state index in [1.54, 1.807) is 6.20 Å². The van der Waals surface area contributed by atoms with Crippen LogP contribution in [0, 0.1) is 12.8 Å². The lowest BCUT2D eigenvalue weighted by Crippen LogP contribution is -2.42. The average molecular weight is 291 g/mol. The first-order chi connectivity index (χ1) is 10.2. The average Bonchev–Trinajstić information content (AvgIpc) is 3.16. The Hall–Kier alpha value is -1.36. The van der Waals surface area contributed by atoms with Crippen LogP contribution in [0.15, 0.2) is 6.20 Å². The lowest BCUT2D eigenvalue weighted by Gasteiger charge is -2.32. The summed E-state index contributed by atoms with van der Waals surface area (Å²) in [6, 6.07) is 0. The summed E-state index contributed by atoms with van der Waals surface area (Å²) in [5, 5.41) is 0. The number of hydrogen-bond donors (Lipinski definition) is 1. The van der Waals surface area contributed by atoms with Crippen LogP contribution in [0.2, 0.25) is 0 Å². The highest BCUT2D eigenvalue weighted by molar-refractivity contribution is 5.76. The van der Waals surface area contributed by atoms with Crippen molar-refractivity contribution >= 4 is 5.91 Å². The van der Waals surface area contributed by atoms with Crippen LogP contribution in [0.3, 0.4) is 0 Å². The number of nitrogens with one attached hydrogen (secondary N) is 1. The standard InChI is InChI=1S/C16H25N3O2/c1-12-10-17-16(18-12)14-11-19(8-9-21-14)15(20)7-6-13-4-2-3-5-13/h10,13-14H,2-9,11H2,1H3,(H,17,18)/t14-/m0/s1. The molecule has 1 aliphatic carbocycles. The molecule has 0 spiro atoms. The van der Waals surface area contributed by atoms with Crippen LogP contribution in [0.4, 0.5) is 0 Å². The molecule has 2 aliphatic rings. The number of H-pyrrole nitrogens is 1. The highest BCUT2D eigenvalue weighted by Gasteiger charge is 2.27. The van der Waals surface area contributed by atoms with Crippen molar-refractivity contribution in [3.63, 3.8) is 0 Å². The predicted molar refractivity (Wildman–Crippen MR) is 79.8 cm³/mol. The Bertz CT molecular complexity index is 480. The predicted octanol–water partition coefficient (Wildman–Crippen LogP) is 2.59. The third kappa shape index (κ3) is 3.64. The maximum atomic E-state index is 12.4. The van der Waals surface area contributed by atoms with E-state index in [9.17, 15) is 4.79 Å². The van der Waals surface area contributed by atoms with Crippen molar-refractivity contribution in [2.75, 3.05) is 19.7 Å². The van der Waals surface area contributed by atoms with Gasteiger partial charge in [-0.15, -0.1) is 0 Å². The fraction of sp³-hybridized carbons (Fsp3) is 0.750. The Kier molecular flexibility index (Phi) is 4.58. The molecule has 0 bridgehead atoms. The first kappa shape index (κ1) is 14.6. The molecule has 1 amide bonds. The number of amides is 1. The van der Waals surface area contributed by atoms with Crippen molar-refractivity contribution in [1.82, 2.24) is 14.9 Å². The molecule has 3 rings (SSSR count). The number of aromatic nitrogens is 2. The summed E-state index contributed by atoms with van der Waals surface area (Å²) >= 11 is 0. The van der Waals surface area contributed by atoms with Crippen molar-refractivity contribution < 1.29 is 9.53 Å². The van der Waals surface area contributed by atoms with Gasteiger partial charge in [0.05, 0.1) is 13.2 Å². The number of aromatic amines is 1. The van der Waals surface area contributed by atoms with Crippen molar-refractivity contribution in [3.05, 3.63) is 17.7 Å². The van der Waals surface area contributed by atoms with Crippen LogP contribution >= 0.6 is 0 Å². The van der Waals surface area contributed by atoms with Gasteiger partial charge in [-0.05, 0) is 19.3 Å². The zero-order chi connectivity index (χ0) is 14.7. The largest absolute Gasteiger partial charge is 0.367 e. The first-order valence-corrected chi connectivity index (χ1v) is 8.13. The Balaban J connectivity index is 1.51. The van der Waals surface area contributed by atoms with Gasteiger partial charge in [0, 0.05) is 24.9 Å². The number of nitrogens with zero attached hydrogens (tertiary/aromatic N) is 2. The monoisotopic (exact) mass is 291 g/mol. The molecule has 116 valence electrons. The maximum Gasteiger partial charge on any atom is 0.222 e. The minimum Gasteiger partial charge on any atom is -0.367 e. The topological polar surface area (TPSA) is 58.2 Å². The number of hydrogen-bond acceptors (Lipinski definition) is 3. The molecule has 2 fully saturated rings. The summed E-state index contributed by atoms with van der Waals surface area (Å²) in [4.78, 5) is 21.9. The van der Waals surface area contributed by atoms with E-state index in [1.165, 1.54) is 25.7 Å².